The van der Waals surface area contributed by atoms with Crippen LogP contribution in [0.5, 0.6) is 0 Å². The minimum absolute atomic E-state index is 0.0354. The van der Waals surface area contributed by atoms with Gasteiger partial charge in [-0.25, -0.2) is 4.39 Å². The second-order valence-electron chi connectivity index (χ2n) is 3.70. The van der Waals surface area contributed by atoms with Gasteiger partial charge in [0.05, 0.1) is 0 Å². The normalized spacial score (nSPS) is 22.2. The summed E-state index contributed by atoms with van der Waals surface area (Å²) in [5.74, 6) is -0.170. The predicted molar refractivity (Wildman–Crippen MR) is 50.9 cm³/mol. The van der Waals surface area contributed by atoms with Gasteiger partial charge in [0, 0.05) is 6.04 Å². The van der Waals surface area contributed by atoms with Crippen molar-refractivity contribution in [3.8, 4) is 0 Å². The molecule has 0 aromatic heterocycles. The topological polar surface area (TPSA) is 26.0 Å². The van der Waals surface area contributed by atoms with Crippen molar-refractivity contribution < 1.29 is 4.39 Å². The summed E-state index contributed by atoms with van der Waals surface area (Å²) in [6.45, 7) is 0. The third-order valence-electron chi connectivity index (χ3n) is 2.72. The number of nitrogens with two attached hydrogens (primary N) is 1. The van der Waals surface area contributed by atoms with Gasteiger partial charge in [-0.05, 0) is 42.5 Å². The van der Waals surface area contributed by atoms with Gasteiger partial charge in [-0.1, -0.05) is 12.5 Å². The first-order valence-electron chi connectivity index (χ1n) is 4.81. The number of benzene rings is 1. The molecule has 0 heterocycles. The molecule has 0 aliphatic heterocycles. The fraction of sp³-hybridized carbons (Fsp3) is 0.455. The third kappa shape index (κ3) is 1.73. The highest BCUT2D eigenvalue weighted by molar-refractivity contribution is 5.31. The van der Waals surface area contributed by atoms with Gasteiger partial charge >= 0.3 is 0 Å². The van der Waals surface area contributed by atoms with E-state index >= 15 is 0 Å². The van der Waals surface area contributed by atoms with Gasteiger partial charge in [-0.3, -0.25) is 0 Å². The van der Waals surface area contributed by atoms with E-state index in [1.54, 1.807) is 6.07 Å². The molecule has 2 rings (SSSR count). The SMILES string of the molecule is N[C@@H]1CCCCc2ccc(F)cc21. The molecule has 0 unspecified atom stereocenters. The molecular formula is C11H14FN. The maximum atomic E-state index is 12.9. The third-order valence-corrected chi connectivity index (χ3v) is 2.72. The van der Waals surface area contributed by atoms with Crippen LogP contribution in [-0.4, -0.2) is 0 Å². The van der Waals surface area contributed by atoms with Crippen molar-refractivity contribution in [3.63, 3.8) is 0 Å². The van der Waals surface area contributed by atoms with E-state index < -0.39 is 0 Å². The summed E-state index contributed by atoms with van der Waals surface area (Å²) < 4.78 is 12.9. The van der Waals surface area contributed by atoms with E-state index in [0.29, 0.717) is 0 Å². The summed E-state index contributed by atoms with van der Waals surface area (Å²) in [5.41, 5.74) is 8.19. The number of rotatable bonds is 0. The molecule has 70 valence electrons. The minimum atomic E-state index is -0.170. The van der Waals surface area contributed by atoms with Gasteiger partial charge < -0.3 is 5.73 Å². The Morgan fingerprint density at radius 3 is 3.00 bits per heavy atom. The second-order valence-corrected chi connectivity index (χ2v) is 3.70. The van der Waals surface area contributed by atoms with Crippen LogP contribution >= 0.6 is 0 Å². The molecule has 0 saturated carbocycles. The highest BCUT2D eigenvalue weighted by Crippen LogP contribution is 2.27. The van der Waals surface area contributed by atoms with E-state index in [-0.39, 0.29) is 11.9 Å². The van der Waals surface area contributed by atoms with Gasteiger partial charge in [-0.2, -0.15) is 0 Å². The van der Waals surface area contributed by atoms with Crippen molar-refractivity contribution in [2.75, 3.05) is 0 Å². The van der Waals surface area contributed by atoms with E-state index in [2.05, 4.69) is 0 Å². The lowest BCUT2D eigenvalue weighted by molar-refractivity contribution is 0.600. The number of hydrogen-bond donors (Lipinski definition) is 1. The fourth-order valence-electron chi connectivity index (χ4n) is 1.97. The highest BCUT2D eigenvalue weighted by Gasteiger charge is 2.15. The van der Waals surface area contributed by atoms with Crippen LogP contribution in [0.1, 0.15) is 36.4 Å². The molecule has 0 radical (unpaired) electrons. The van der Waals surface area contributed by atoms with E-state index in [1.807, 2.05) is 6.07 Å². The van der Waals surface area contributed by atoms with Gasteiger partial charge in [0.1, 0.15) is 5.82 Å². The largest absolute Gasteiger partial charge is 0.324 e. The first-order chi connectivity index (χ1) is 6.27. The molecule has 0 amide bonds. The van der Waals surface area contributed by atoms with E-state index in [0.717, 1.165) is 24.8 Å². The Labute approximate surface area is 77.8 Å². The van der Waals surface area contributed by atoms with E-state index in [9.17, 15) is 4.39 Å². The molecule has 13 heavy (non-hydrogen) atoms. The molecule has 1 atom stereocenters. The zero-order valence-corrected chi connectivity index (χ0v) is 7.59. The standard InChI is InChI=1S/C11H14FN/c12-9-6-5-8-3-1-2-4-11(13)10(8)7-9/h5-7,11H,1-4,13H2/t11-/m1/s1. The Bertz CT molecular complexity index is 309. The van der Waals surface area contributed by atoms with Gasteiger partial charge in [0.25, 0.3) is 0 Å². The summed E-state index contributed by atoms with van der Waals surface area (Å²) in [6, 6.07) is 5.02. The molecule has 1 aromatic carbocycles. The van der Waals surface area contributed by atoms with Crippen LogP contribution in [0.15, 0.2) is 18.2 Å². The average Bonchev–Trinajstić information content (AvgIpc) is 2.29. The van der Waals surface area contributed by atoms with Crippen LogP contribution in [0.3, 0.4) is 0 Å². The van der Waals surface area contributed by atoms with E-state index in [1.165, 1.54) is 18.1 Å². The molecule has 2 heteroatoms. The van der Waals surface area contributed by atoms with Crippen LogP contribution in [-0.2, 0) is 6.42 Å². The fourth-order valence-corrected chi connectivity index (χ4v) is 1.97. The van der Waals surface area contributed by atoms with Crippen LogP contribution < -0.4 is 5.73 Å². The maximum Gasteiger partial charge on any atom is 0.123 e. The summed E-state index contributed by atoms with van der Waals surface area (Å²) in [7, 11) is 0. The summed E-state index contributed by atoms with van der Waals surface area (Å²) in [6.07, 6.45) is 4.35. The molecule has 2 N–H and O–H groups in total. The molecule has 1 aromatic rings. The molecular weight excluding hydrogens is 165 g/mol. The van der Waals surface area contributed by atoms with Crippen LogP contribution in [0.4, 0.5) is 4.39 Å². The lowest BCUT2D eigenvalue weighted by atomic mass is 10.00. The monoisotopic (exact) mass is 179 g/mol. The Hall–Kier alpha value is -0.890. The minimum Gasteiger partial charge on any atom is -0.324 e. The van der Waals surface area contributed by atoms with Crippen molar-refractivity contribution in [1.29, 1.82) is 0 Å². The van der Waals surface area contributed by atoms with E-state index in [4.69, 9.17) is 5.73 Å². The smallest absolute Gasteiger partial charge is 0.123 e. The first-order valence-corrected chi connectivity index (χ1v) is 4.81. The second kappa shape index (κ2) is 3.46. The van der Waals surface area contributed by atoms with Crippen molar-refractivity contribution in [1.82, 2.24) is 0 Å². The Kier molecular flexibility index (Phi) is 2.32. The van der Waals surface area contributed by atoms with Gasteiger partial charge in [0.15, 0.2) is 0 Å². The van der Waals surface area contributed by atoms with Crippen molar-refractivity contribution in [2.24, 2.45) is 5.73 Å². The molecule has 1 aliphatic carbocycles. The zero-order valence-electron chi connectivity index (χ0n) is 7.59. The number of fused-ring (bicyclic) bond motifs is 1. The molecule has 0 saturated heterocycles. The average molecular weight is 179 g/mol. The first kappa shape index (κ1) is 8.70. The van der Waals surface area contributed by atoms with Crippen LogP contribution in [0.25, 0.3) is 0 Å². The highest BCUT2D eigenvalue weighted by atomic mass is 19.1. The van der Waals surface area contributed by atoms with Crippen LogP contribution in [0, 0.1) is 5.82 Å². The number of halogens is 1. The molecule has 0 spiro atoms. The predicted octanol–water partition coefficient (Wildman–Crippen LogP) is 2.55. The van der Waals surface area contributed by atoms with Crippen molar-refractivity contribution >= 4 is 0 Å². The molecule has 1 nitrogen and oxygen atoms in total. The lowest BCUT2D eigenvalue weighted by Gasteiger charge is -2.11. The summed E-state index contributed by atoms with van der Waals surface area (Å²) >= 11 is 0. The Morgan fingerprint density at radius 1 is 1.31 bits per heavy atom. The Morgan fingerprint density at radius 2 is 2.15 bits per heavy atom. The number of aryl methyl sites for hydroxylation is 1. The summed E-state index contributed by atoms with van der Waals surface area (Å²) in [4.78, 5) is 0. The molecule has 0 bridgehead atoms. The summed E-state index contributed by atoms with van der Waals surface area (Å²) in [5, 5.41) is 0. The molecule has 0 fully saturated rings. The lowest BCUT2D eigenvalue weighted by Crippen LogP contribution is -2.10. The Balaban J connectivity index is 2.43. The van der Waals surface area contributed by atoms with Crippen molar-refractivity contribution in [2.45, 2.75) is 31.7 Å². The number of hydrogen-bond acceptors (Lipinski definition) is 1. The zero-order chi connectivity index (χ0) is 9.26. The van der Waals surface area contributed by atoms with Crippen molar-refractivity contribution in [3.05, 3.63) is 35.1 Å². The van der Waals surface area contributed by atoms with Gasteiger partial charge in [0.2, 0.25) is 0 Å². The molecule has 1 aliphatic rings. The maximum absolute atomic E-state index is 12.9. The quantitative estimate of drug-likeness (QED) is 0.608. The van der Waals surface area contributed by atoms with Crippen LogP contribution in [0.2, 0.25) is 0 Å². The van der Waals surface area contributed by atoms with Gasteiger partial charge in [-0.15, -0.1) is 0 Å².